The average molecular weight is 315 g/mol. The summed E-state index contributed by atoms with van der Waals surface area (Å²) in [5, 5.41) is 19.8. The maximum absolute atomic E-state index is 11.9. The van der Waals surface area contributed by atoms with Crippen LogP contribution in [-0.4, -0.2) is 20.5 Å². The number of benzene rings is 2. The maximum atomic E-state index is 11.9. The van der Waals surface area contributed by atoms with Gasteiger partial charge in [0.15, 0.2) is 0 Å². The third-order valence-electron chi connectivity index (χ3n) is 2.82. The van der Waals surface area contributed by atoms with E-state index >= 15 is 0 Å². The first-order valence-electron chi connectivity index (χ1n) is 6.16. The van der Waals surface area contributed by atoms with Gasteiger partial charge in [-0.25, -0.2) is 4.79 Å². The van der Waals surface area contributed by atoms with E-state index in [-0.39, 0.29) is 5.69 Å². The lowest BCUT2D eigenvalue weighted by Crippen LogP contribution is -2.19. The Bertz CT molecular complexity index is 864. The van der Waals surface area contributed by atoms with E-state index in [0.29, 0.717) is 11.4 Å². The number of nitrogens with one attached hydrogen (secondary N) is 2. The van der Waals surface area contributed by atoms with Crippen molar-refractivity contribution in [3.63, 3.8) is 0 Å². The molecule has 3 rings (SSSR count). The molecule has 0 saturated carbocycles. The third kappa shape index (κ3) is 2.99. The molecule has 0 aliphatic rings. The third-order valence-corrected chi connectivity index (χ3v) is 3.51. The Hall–Kier alpha value is -3.07. The summed E-state index contributed by atoms with van der Waals surface area (Å²) < 4.78 is 4.67. The number of nitro benzene ring substituents is 1. The van der Waals surface area contributed by atoms with Crippen molar-refractivity contribution in [1.29, 1.82) is 0 Å². The van der Waals surface area contributed by atoms with Gasteiger partial charge in [-0.3, -0.25) is 10.1 Å². The molecular formula is C13H9N5O3S. The maximum Gasteiger partial charge on any atom is 0.323 e. The fourth-order valence-electron chi connectivity index (χ4n) is 1.85. The summed E-state index contributed by atoms with van der Waals surface area (Å²) in [6.07, 6.45) is 0. The number of hydrogen-bond donors (Lipinski definition) is 2. The number of aromatic nitrogens is 2. The van der Waals surface area contributed by atoms with Crippen molar-refractivity contribution in [2.45, 2.75) is 0 Å². The van der Waals surface area contributed by atoms with Crippen LogP contribution < -0.4 is 10.6 Å². The van der Waals surface area contributed by atoms with Gasteiger partial charge in [0.25, 0.3) is 5.69 Å². The first kappa shape index (κ1) is 13.9. The zero-order valence-corrected chi connectivity index (χ0v) is 11.8. The molecule has 110 valence electrons. The molecule has 0 unspecified atom stereocenters. The van der Waals surface area contributed by atoms with Gasteiger partial charge in [-0.1, -0.05) is 10.6 Å². The van der Waals surface area contributed by atoms with Crippen molar-refractivity contribution in [3.05, 3.63) is 52.6 Å². The van der Waals surface area contributed by atoms with Gasteiger partial charge in [0.05, 0.1) is 9.62 Å². The van der Waals surface area contributed by atoms with Crippen molar-refractivity contribution in [2.75, 3.05) is 10.6 Å². The molecule has 3 aromatic rings. The van der Waals surface area contributed by atoms with Crippen molar-refractivity contribution < 1.29 is 9.72 Å². The highest BCUT2D eigenvalue weighted by atomic mass is 32.1. The number of nitrogens with zero attached hydrogens (tertiary/aromatic N) is 3. The summed E-state index contributed by atoms with van der Waals surface area (Å²) in [4.78, 5) is 22.1. The Kier molecular flexibility index (Phi) is 3.62. The van der Waals surface area contributed by atoms with E-state index in [1.54, 1.807) is 24.3 Å². The first-order chi connectivity index (χ1) is 10.6. The minimum absolute atomic E-state index is 0.0880. The van der Waals surface area contributed by atoms with Gasteiger partial charge < -0.3 is 10.6 Å². The summed E-state index contributed by atoms with van der Waals surface area (Å²) in [7, 11) is 0. The number of non-ortho nitro benzene ring substituents is 1. The van der Waals surface area contributed by atoms with E-state index in [9.17, 15) is 14.9 Å². The van der Waals surface area contributed by atoms with E-state index in [4.69, 9.17) is 0 Å². The molecule has 0 aliphatic heterocycles. The molecule has 22 heavy (non-hydrogen) atoms. The molecule has 0 radical (unpaired) electrons. The summed E-state index contributed by atoms with van der Waals surface area (Å²) in [6.45, 7) is 0. The molecule has 0 aliphatic carbocycles. The highest BCUT2D eigenvalue weighted by Crippen LogP contribution is 2.21. The van der Waals surface area contributed by atoms with Crippen LogP contribution >= 0.6 is 11.5 Å². The Balaban J connectivity index is 1.71. The molecule has 2 N–H and O–H groups in total. The molecule has 9 heteroatoms. The smallest absolute Gasteiger partial charge is 0.308 e. The molecule has 1 aromatic heterocycles. The van der Waals surface area contributed by atoms with Gasteiger partial charge in [0.1, 0.15) is 5.52 Å². The van der Waals surface area contributed by atoms with Crippen LogP contribution in [0.5, 0.6) is 0 Å². The summed E-state index contributed by atoms with van der Waals surface area (Å²) >= 11 is 1.23. The molecule has 0 saturated heterocycles. The minimum Gasteiger partial charge on any atom is -0.308 e. The lowest BCUT2D eigenvalue weighted by molar-refractivity contribution is -0.384. The number of nitro groups is 1. The highest BCUT2D eigenvalue weighted by molar-refractivity contribution is 7.12. The predicted octanol–water partition coefficient (Wildman–Crippen LogP) is 3.24. The molecule has 1 heterocycles. The molecular weight excluding hydrogens is 306 g/mol. The van der Waals surface area contributed by atoms with Gasteiger partial charge in [-0.15, -0.1) is 5.10 Å². The van der Waals surface area contributed by atoms with Gasteiger partial charge in [0, 0.05) is 23.5 Å². The number of fused-ring (bicyclic) bond motifs is 1. The number of urea groups is 1. The topological polar surface area (TPSA) is 110 Å². The van der Waals surface area contributed by atoms with Gasteiger partial charge in [-0.05, 0) is 35.8 Å². The Morgan fingerprint density at radius 3 is 2.68 bits per heavy atom. The summed E-state index contributed by atoms with van der Waals surface area (Å²) in [5.74, 6) is 0. The van der Waals surface area contributed by atoms with Crippen molar-refractivity contribution in [3.8, 4) is 0 Å². The largest absolute Gasteiger partial charge is 0.323 e. The van der Waals surface area contributed by atoms with Crippen molar-refractivity contribution in [1.82, 2.24) is 9.59 Å². The number of carbonyl (C=O) groups is 1. The molecule has 0 atom stereocenters. The fourth-order valence-corrected chi connectivity index (χ4v) is 2.45. The van der Waals surface area contributed by atoms with E-state index < -0.39 is 11.0 Å². The number of carbonyl (C=O) groups excluding carboxylic acids is 1. The Labute approximate surface area is 128 Å². The number of anilines is 2. The van der Waals surface area contributed by atoms with Crippen LogP contribution in [0.15, 0.2) is 42.5 Å². The summed E-state index contributed by atoms with van der Waals surface area (Å²) in [5.41, 5.74) is 1.60. The second-order valence-electron chi connectivity index (χ2n) is 4.34. The van der Waals surface area contributed by atoms with Crippen LogP contribution in [0, 0.1) is 10.1 Å². The zero-order valence-electron chi connectivity index (χ0n) is 11.0. The first-order valence-corrected chi connectivity index (χ1v) is 6.94. The van der Waals surface area contributed by atoms with Crippen LogP contribution in [0.4, 0.5) is 21.9 Å². The predicted molar refractivity (Wildman–Crippen MR) is 83.2 cm³/mol. The van der Waals surface area contributed by atoms with E-state index in [1.807, 2.05) is 0 Å². The zero-order chi connectivity index (χ0) is 15.5. The van der Waals surface area contributed by atoms with Crippen molar-refractivity contribution >= 4 is 44.8 Å². The fraction of sp³-hybridized carbons (Fsp3) is 0. The van der Waals surface area contributed by atoms with Crippen LogP contribution in [0.25, 0.3) is 10.2 Å². The van der Waals surface area contributed by atoms with Crippen molar-refractivity contribution in [2.24, 2.45) is 0 Å². The average Bonchev–Trinajstić information content (AvgIpc) is 2.95. The van der Waals surface area contributed by atoms with E-state index in [0.717, 1.165) is 10.2 Å². The highest BCUT2D eigenvalue weighted by Gasteiger charge is 2.09. The number of hydrogen-bond acceptors (Lipinski definition) is 6. The van der Waals surface area contributed by atoms with Crippen LogP contribution in [0.3, 0.4) is 0 Å². The normalized spacial score (nSPS) is 10.4. The Morgan fingerprint density at radius 2 is 1.91 bits per heavy atom. The molecule has 0 bridgehead atoms. The van der Waals surface area contributed by atoms with Crippen LogP contribution in [0.1, 0.15) is 0 Å². The quantitative estimate of drug-likeness (QED) is 0.569. The van der Waals surface area contributed by atoms with Gasteiger partial charge in [0.2, 0.25) is 0 Å². The SMILES string of the molecule is O=C(Nc1cccc([N+](=O)[O-])c1)Nc1ccc2nnsc2c1. The monoisotopic (exact) mass is 315 g/mol. The lowest BCUT2D eigenvalue weighted by Gasteiger charge is -2.07. The number of amides is 2. The van der Waals surface area contributed by atoms with Crippen LogP contribution in [-0.2, 0) is 0 Å². The standard InChI is InChI=1S/C13H9N5O3S/c19-13(14-8-2-1-3-10(6-8)18(20)21)15-9-4-5-11-12(7-9)22-17-16-11/h1-7H,(H2,14,15,19). The molecule has 2 aromatic carbocycles. The van der Waals surface area contributed by atoms with Crippen LogP contribution in [0.2, 0.25) is 0 Å². The number of rotatable bonds is 3. The minimum atomic E-state index is -0.520. The second kappa shape index (κ2) is 5.74. The molecule has 0 fully saturated rings. The second-order valence-corrected chi connectivity index (χ2v) is 5.13. The summed E-state index contributed by atoms with van der Waals surface area (Å²) in [6, 6.07) is 10.4. The lowest BCUT2D eigenvalue weighted by atomic mass is 10.3. The van der Waals surface area contributed by atoms with E-state index in [1.165, 1.54) is 29.7 Å². The Morgan fingerprint density at radius 1 is 1.14 bits per heavy atom. The molecule has 0 spiro atoms. The van der Waals surface area contributed by atoms with Gasteiger partial charge in [-0.2, -0.15) is 0 Å². The molecule has 2 amide bonds. The van der Waals surface area contributed by atoms with Gasteiger partial charge >= 0.3 is 6.03 Å². The van der Waals surface area contributed by atoms with E-state index in [2.05, 4.69) is 20.2 Å². The molecule has 8 nitrogen and oxygen atoms in total.